The van der Waals surface area contributed by atoms with Crippen molar-refractivity contribution in [3.63, 3.8) is 0 Å². The largest absolute Gasteiger partial charge is 0.341 e. The summed E-state index contributed by atoms with van der Waals surface area (Å²) in [5, 5.41) is 0. The van der Waals surface area contributed by atoms with E-state index in [1.807, 2.05) is 4.90 Å². The third-order valence-electron chi connectivity index (χ3n) is 4.35. The molecule has 116 valence electrons. The molecule has 20 heavy (non-hydrogen) atoms. The van der Waals surface area contributed by atoms with E-state index in [9.17, 15) is 13.2 Å². The smallest absolute Gasteiger partial charge is 0.241 e. The van der Waals surface area contributed by atoms with Crippen LogP contribution in [0.5, 0.6) is 0 Å². The standard InChI is InChI=1S/C14H26N2O3S/c1-11-8-12(2)10-15(9-11)14(17)13-6-4-5-7-16(13)20(3,18)19/h11-13H,4-10H2,1-3H3. The van der Waals surface area contributed by atoms with Gasteiger partial charge in [0, 0.05) is 19.6 Å². The first kappa shape index (κ1) is 15.8. The zero-order chi connectivity index (χ0) is 14.9. The molecule has 0 aromatic carbocycles. The van der Waals surface area contributed by atoms with Crippen LogP contribution in [0.25, 0.3) is 0 Å². The van der Waals surface area contributed by atoms with Crippen molar-refractivity contribution in [1.29, 1.82) is 0 Å². The summed E-state index contributed by atoms with van der Waals surface area (Å²) < 4.78 is 25.1. The minimum atomic E-state index is -3.30. The van der Waals surface area contributed by atoms with Gasteiger partial charge in [-0.05, 0) is 31.1 Å². The van der Waals surface area contributed by atoms with Crippen LogP contribution in [0.4, 0.5) is 0 Å². The number of piperidine rings is 2. The minimum absolute atomic E-state index is 0.00789. The number of hydrogen-bond acceptors (Lipinski definition) is 3. The molecule has 0 bridgehead atoms. The van der Waals surface area contributed by atoms with Gasteiger partial charge in [-0.1, -0.05) is 20.3 Å². The van der Waals surface area contributed by atoms with E-state index in [1.165, 1.54) is 10.6 Å². The van der Waals surface area contributed by atoms with Crippen LogP contribution in [0.3, 0.4) is 0 Å². The van der Waals surface area contributed by atoms with Crippen LogP contribution in [0.2, 0.25) is 0 Å². The highest BCUT2D eigenvalue weighted by Gasteiger charge is 2.38. The Labute approximate surface area is 122 Å². The molecule has 0 spiro atoms. The van der Waals surface area contributed by atoms with Gasteiger partial charge in [0.1, 0.15) is 6.04 Å². The quantitative estimate of drug-likeness (QED) is 0.772. The van der Waals surface area contributed by atoms with Crippen molar-refractivity contribution in [2.75, 3.05) is 25.9 Å². The molecule has 0 N–H and O–H groups in total. The number of sulfonamides is 1. The number of carbonyl (C=O) groups is 1. The lowest BCUT2D eigenvalue weighted by Gasteiger charge is -2.40. The Balaban J connectivity index is 2.13. The van der Waals surface area contributed by atoms with E-state index in [2.05, 4.69) is 13.8 Å². The van der Waals surface area contributed by atoms with Crippen LogP contribution >= 0.6 is 0 Å². The summed E-state index contributed by atoms with van der Waals surface area (Å²) in [4.78, 5) is 14.6. The third-order valence-corrected chi connectivity index (χ3v) is 5.63. The zero-order valence-electron chi connectivity index (χ0n) is 12.7. The van der Waals surface area contributed by atoms with E-state index in [-0.39, 0.29) is 5.91 Å². The van der Waals surface area contributed by atoms with Crippen LogP contribution in [0, 0.1) is 11.8 Å². The summed E-state index contributed by atoms with van der Waals surface area (Å²) in [6.07, 6.45) is 4.79. The number of hydrogen-bond donors (Lipinski definition) is 0. The number of nitrogens with zero attached hydrogens (tertiary/aromatic N) is 2. The Hall–Kier alpha value is -0.620. The fourth-order valence-electron chi connectivity index (χ4n) is 3.60. The maximum Gasteiger partial charge on any atom is 0.241 e. The molecule has 0 radical (unpaired) electrons. The van der Waals surface area contributed by atoms with Crippen molar-refractivity contribution in [2.45, 2.75) is 45.6 Å². The summed E-state index contributed by atoms with van der Waals surface area (Å²) >= 11 is 0. The molecule has 5 nitrogen and oxygen atoms in total. The van der Waals surface area contributed by atoms with Crippen molar-refractivity contribution in [3.8, 4) is 0 Å². The molecule has 2 saturated heterocycles. The maximum absolute atomic E-state index is 12.7. The van der Waals surface area contributed by atoms with Gasteiger partial charge in [0.2, 0.25) is 15.9 Å². The molecule has 2 aliphatic heterocycles. The molecule has 2 rings (SSSR count). The molecule has 3 unspecified atom stereocenters. The van der Waals surface area contributed by atoms with Gasteiger partial charge in [-0.2, -0.15) is 4.31 Å². The first-order chi connectivity index (χ1) is 9.29. The lowest BCUT2D eigenvalue weighted by atomic mass is 9.91. The summed E-state index contributed by atoms with van der Waals surface area (Å²) in [7, 11) is -3.30. The first-order valence-corrected chi connectivity index (χ1v) is 9.39. The lowest BCUT2D eigenvalue weighted by molar-refractivity contribution is -0.139. The predicted molar refractivity (Wildman–Crippen MR) is 78.7 cm³/mol. The van der Waals surface area contributed by atoms with Gasteiger partial charge in [-0.3, -0.25) is 4.79 Å². The van der Waals surface area contributed by atoms with Crippen molar-refractivity contribution < 1.29 is 13.2 Å². The van der Waals surface area contributed by atoms with E-state index in [4.69, 9.17) is 0 Å². The van der Waals surface area contributed by atoms with E-state index < -0.39 is 16.1 Å². The topological polar surface area (TPSA) is 57.7 Å². The normalized spacial score (nSPS) is 33.1. The molecule has 2 aliphatic rings. The van der Waals surface area contributed by atoms with Crippen molar-refractivity contribution in [2.24, 2.45) is 11.8 Å². The Morgan fingerprint density at radius 1 is 1.10 bits per heavy atom. The van der Waals surface area contributed by atoms with E-state index in [0.29, 0.717) is 24.8 Å². The monoisotopic (exact) mass is 302 g/mol. The lowest BCUT2D eigenvalue weighted by Crippen LogP contribution is -2.55. The average Bonchev–Trinajstić information content (AvgIpc) is 2.35. The van der Waals surface area contributed by atoms with Crippen molar-refractivity contribution in [1.82, 2.24) is 9.21 Å². The van der Waals surface area contributed by atoms with Crippen LogP contribution in [-0.2, 0) is 14.8 Å². The molecular weight excluding hydrogens is 276 g/mol. The van der Waals surface area contributed by atoms with Crippen molar-refractivity contribution in [3.05, 3.63) is 0 Å². The number of amides is 1. The summed E-state index contributed by atoms with van der Waals surface area (Å²) in [6, 6.07) is -0.476. The van der Waals surface area contributed by atoms with Gasteiger partial charge in [0.05, 0.1) is 6.26 Å². The van der Waals surface area contributed by atoms with Gasteiger partial charge in [0.15, 0.2) is 0 Å². The summed E-state index contributed by atoms with van der Waals surface area (Å²) in [5.41, 5.74) is 0. The van der Waals surface area contributed by atoms with Gasteiger partial charge in [-0.15, -0.1) is 0 Å². The Bertz CT molecular complexity index is 453. The van der Waals surface area contributed by atoms with Gasteiger partial charge >= 0.3 is 0 Å². The van der Waals surface area contributed by atoms with Crippen LogP contribution in [0.15, 0.2) is 0 Å². The summed E-state index contributed by atoms with van der Waals surface area (Å²) in [6.45, 7) is 6.32. The highest BCUT2D eigenvalue weighted by atomic mass is 32.2. The highest BCUT2D eigenvalue weighted by molar-refractivity contribution is 7.88. The van der Waals surface area contributed by atoms with Gasteiger partial charge < -0.3 is 4.90 Å². The van der Waals surface area contributed by atoms with Gasteiger partial charge in [0.25, 0.3) is 0 Å². The molecule has 2 fully saturated rings. The van der Waals surface area contributed by atoms with Crippen LogP contribution < -0.4 is 0 Å². The Morgan fingerprint density at radius 3 is 2.25 bits per heavy atom. The van der Waals surface area contributed by atoms with E-state index in [0.717, 1.165) is 32.4 Å². The number of carbonyl (C=O) groups excluding carboxylic acids is 1. The molecule has 2 heterocycles. The van der Waals surface area contributed by atoms with Crippen molar-refractivity contribution >= 4 is 15.9 Å². The predicted octanol–water partition coefficient (Wildman–Crippen LogP) is 1.31. The Kier molecular flexibility index (Phi) is 4.74. The number of rotatable bonds is 2. The second-order valence-electron chi connectivity index (χ2n) is 6.57. The second kappa shape index (κ2) is 6.02. The third kappa shape index (κ3) is 3.52. The molecule has 1 amide bonds. The fraction of sp³-hybridized carbons (Fsp3) is 0.929. The highest BCUT2D eigenvalue weighted by Crippen LogP contribution is 2.26. The van der Waals surface area contributed by atoms with E-state index >= 15 is 0 Å². The first-order valence-electron chi connectivity index (χ1n) is 7.54. The Morgan fingerprint density at radius 2 is 1.70 bits per heavy atom. The molecule has 0 saturated carbocycles. The SMILES string of the molecule is CC1CC(C)CN(C(=O)C2CCCCN2S(C)(=O)=O)C1. The molecule has 0 aliphatic carbocycles. The molecular formula is C14H26N2O3S. The van der Waals surface area contributed by atoms with Crippen LogP contribution in [0.1, 0.15) is 39.5 Å². The summed E-state index contributed by atoms with van der Waals surface area (Å²) in [5.74, 6) is 1.00. The van der Waals surface area contributed by atoms with E-state index in [1.54, 1.807) is 0 Å². The second-order valence-corrected chi connectivity index (χ2v) is 8.51. The number of likely N-dealkylation sites (tertiary alicyclic amines) is 1. The minimum Gasteiger partial charge on any atom is -0.341 e. The molecule has 0 aromatic heterocycles. The zero-order valence-corrected chi connectivity index (χ0v) is 13.5. The van der Waals surface area contributed by atoms with Crippen LogP contribution in [-0.4, -0.2) is 55.5 Å². The molecule has 3 atom stereocenters. The van der Waals surface area contributed by atoms with Gasteiger partial charge in [-0.25, -0.2) is 8.42 Å². The molecule has 6 heteroatoms. The average molecular weight is 302 g/mol. The maximum atomic E-state index is 12.7. The fourth-order valence-corrected chi connectivity index (χ4v) is 4.72. The molecule has 0 aromatic rings.